The SMILES string of the molecule is CC(CONCCN1CCN(c2ncc(C(F)(F)F)cn2)CC1)Nc1cnn(COCC[Si](C)(C)C)c(=O)c1C(F)(F)F. The smallest absolute Gasteiger partial charge is 0.378 e. The number of hydrogen-bond donors (Lipinski definition) is 2. The van der Waals surface area contributed by atoms with Gasteiger partial charge in [0.25, 0.3) is 5.56 Å². The maximum atomic E-state index is 13.8. The Morgan fingerprint density at radius 2 is 1.65 bits per heavy atom. The average Bonchev–Trinajstić information content (AvgIpc) is 2.90. The molecule has 0 bridgehead atoms. The van der Waals surface area contributed by atoms with E-state index < -0.39 is 48.8 Å². The van der Waals surface area contributed by atoms with Gasteiger partial charge in [-0.15, -0.1) is 0 Å². The third-order valence-corrected chi connectivity index (χ3v) is 8.23. The highest BCUT2D eigenvalue weighted by Crippen LogP contribution is 2.32. The predicted octanol–water partition coefficient (Wildman–Crippen LogP) is 3.53. The van der Waals surface area contributed by atoms with E-state index in [2.05, 4.69) is 50.4 Å². The van der Waals surface area contributed by atoms with Crippen LogP contribution in [0.4, 0.5) is 38.0 Å². The van der Waals surface area contributed by atoms with Gasteiger partial charge in [-0.1, -0.05) is 19.6 Å². The van der Waals surface area contributed by atoms with E-state index in [0.29, 0.717) is 50.6 Å². The van der Waals surface area contributed by atoms with Crippen LogP contribution in [0.2, 0.25) is 25.7 Å². The highest BCUT2D eigenvalue weighted by Gasteiger charge is 2.38. The van der Waals surface area contributed by atoms with Crippen molar-refractivity contribution in [2.75, 3.05) is 62.7 Å². The lowest BCUT2D eigenvalue weighted by Gasteiger charge is -2.34. The number of hydroxylamine groups is 1. The van der Waals surface area contributed by atoms with Crippen LogP contribution in [-0.2, 0) is 28.7 Å². The molecule has 2 aromatic rings. The third-order valence-electron chi connectivity index (χ3n) is 6.53. The van der Waals surface area contributed by atoms with Crippen LogP contribution < -0.4 is 21.3 Å². The number of piperazine rings is 1. The molecule has 242 valence electrons. The van der Waals surface area contributed by atoms with Crippen molar-refractivity contribution in [2.45, 2.75) is 57.7 Å². The van der Waals surface area contributed by atoms with Gasteiger partial charge in [-0.3, -0.25) is 14.5 Å². The lowest BCUT2D eigenvalue weighted by molar-refractivity contribution is -0.139. The number of rotatable bonds is 14. The van der Waals surface area contributed by atoms with Crippen molar-refractivity contribution in [2.24, 2.45) is 0 Å². The van der Waals surface area contributed by atoms with Gasteiger partial charge < -0.3 is 15.0 Å². The molecule has 18 heteroatoms. The lowest BCUT2D eigenvalue weighted by atomic mass is 10.2. The average molecular weight is 641 g/mol. The molecule has 1 unspecified atom stereocenters. The van der Waals surface area contributed by atoms with Crippen LogP contribution in [0, 0.1) is 0 Å². The Bertz CT molecular complexity index is 1220. The summed E-state index contributed by atoms with van der Waals surface area (Å²) < 4.78 is 85.5. The number of aromatic nitrogens is 4. The monoisotopic (exact) mass is 640 g/mol. The molecule has 1 saturated heterocycles. The van der Waals surface area contributed by atoms with Gasteiger partial charge in [0.2, 0.25) is 5.95 Å². The van der Waals surface area contributed by atoms with Gasteiger partial charge in [0.1, 0.15) is 12.3 Å². The van der Waals surface area contributed by atoms with Crippen molar-refractivity contribution < 1.29 is 35.9 Å². The van der Waals surface area contributed by atoms with Crippen LogP contribution >= 0.6 is 0 Å². The van der Waals surface area contributed by atoms with Crippen molar-refractivity contribution in [3.8, 4) is 0 Å². The number of ether oxygens (including phenoxy) is 1. The first-order valence-electron chi connectivity index (χ1n) is 13.8. The first kappa shape index (κ1) is 34.7. The zero-order valence-electron chi connectivity index (χ0n) is 24.6. The van der Waals surface area contributed by atoms with Crippen LogP contribution in [-0.4, -0.2) is 91.2 Å². The Balaban J connectivity index is 1.40. The van der Waals surface area contributed by atoms with E-state index in [-0.39, 0.29) is 19.3 Å². The highest BCUT2D eigenvalue weighted by atomic mass is 28.3. The maximum absolute atomic E-state index is 13.8. The second-order valence-electron chi connectivity index (χ2n) is 11.4. The molecule has 2 N–H and O–H groups in total. The van der Waals surface area contributed by atoms with Gasteiger partial charge in [0.15, 0.2) is 0 Å². The maximum Gasteiger partial charge on any atom is 0.423 e. The fourth-order valence-electron chi connectivity index (χ4n) is 4.06. The summed E-state index contributed by atoms with van der Waals surface area (Å²) in [6.45, 7) is 11.3. The molecule has 43 heavy (non-hydrogen) atoms. The fraction of sp³-hybridized carbons (Fsp3) is 0.680. The minimum atomic E-state index is -4.90. The molecule has 3 heterocycles. The molecule has 0 aromatic carbocycles. The van der Waals surface area contributed by atoms with Crippen molar-refractivity contribution in [1.82, 2.24) is 30.1 Å². The molecule has 1 aliphatic heterocycles. The number of nitrogens with zero attached hydrogens (tertiary/aromatic N) is 6. The number of halogens is 6. The fourth-order valence-corrected chi connectivity index (χ4v) is 4.82. The highest BCUT2D eigenvalue weighted by molar-refractivity contribution is 6.76. The first-order chi connectivity index (χ1) is 20.0. The van der Waals surface area contributed by atoms with E-state index in [9.17, 15) is 31.1 Å². The van der Waals surface area contributed by atoms with Gasteiger partial charge in [-0.2, -0.15) is 31.4 Å². The topological polar surface area (TPSA) is 110 Å². The molecule has 0 radical (unpaired) electrons. The van der Waals surface area contributed by atoms with E-state index in [1.54, 1.807) is 11.8 Å². The third kappa shape index (κ3) is 11.0. The van der Waals surface area contributed by atoms with Crippen LogP contribution in [0.5, 0.6) is 0 Å². The predicted molar refractivity (Wildman–Crippen MR) is 150 cm³/mol. The Morgan fingerprint density at radius 3 is 2.23 bits per heavy atom. The second-order valence-corrected chi connectivity index (χ2v) is 17.1. The molecular weight excluding hydrogens is 602 g/mol. The summed E-state index contributed by atoms with van der Waals surface area (Å²) in [4.78, 5) is 29.5. The van der Waals surface area contributed by atoms with Gasteiger partial charge in [0.05, 0.1) is 24.1 Å². The van der Waals surface area contributed by atoms with E-state index in [1.165, 1.54) is 0 Å². The lowest BCUT2D eigenvalue weighted by Crippen LogP contribution is -2.48. The molecule has 11 nitrogen and oxygen atoms in total. The zero-order valence-corrected chi connectivity index (χ0v) is 25.6. The van der Waals surface area contributed by atoms with Gasteiger partial charge in [-0.05, 0) is 13.0 Å². The molecule has 3 rings (SSSR count). The van der Waals surface area contributed by atoms with Crippen molar-refractivity contribution in [3.63, 3.8) is 0 Å². The summed E-state index contributed by atoms with van der Waals surface area (Å²) in [5, 5.41) is 6.51. The molecule has 1 aliphatic rings. The Kier molecular flexibility index (Phi) is 11.9. The molecule has 0 spiro atoms. The summed E-state index contributed by atoms with van der Waals surface area (Å²) in [6.07, 6.45) is -6.88. The molecule has 0 amide bonds. The van der Waals surface area contributed by atoms with Gasteiger partial charge in [-0.25, -0.2) is 20.1 Å². The summed E-state index contributed by atoms with van der Waals surface area (Å²) in [5.74, 6) is 0.239. The van der Waals surface area contributed by atoms with E-state index in [1.807, 2.05) is 0 Å². The summed E-state index contributed by atoms with van der Waals surface area (Å²) in [5.41, 5.74) is -1.21. The molecule has 1 atom stereocenters. The Morgan fingerprint density at radius 1 is 1.00 bits per heavy atom. The normalized spacial score (nSPS) is 16.0. The zero-order chi connectivity index (χ0) is 31.8. The van der Waals surface area contributed by atoms with Crippen LogP contribution in [0.15, 0.2) is 23.4 Å². The largest absolute Gasteiger partial charge is 0.423 e. The van der Waals surface area contributed by atoms with Crippen LogP contribution in [0.25, 0.3) is 0 Å². The van der Waals surface area contributed by atoms with Crippen molar-refractivity contribution in [1.29, 1.82) is 0 Å². The minimum absolute atomic E-state index is 0.000771. The quantitative estimate of drug-likeness (QED) is 0.138. The first-order valence-corrected chi connectivity index (χ1v) is 17.5. The molecule has 0 saturated carbocycles. The Hall–Kier alpha value is -2.80. The molecule has 0 aliphatic carbocycles. The number of nitrogens with one attached hydrogen (secondary N) is 2. The molecule has 1 fully saturated rings. The van der Waals surface area contributed by atoms with Gasteiger partial charge >= 0.3 is 12.4 Å². The summed E-state index contributed by atoms with van der Waals surface area (Å²) in [6, 6.07) is 0.211. The second kappa shape index (κ2) is 14.8. The molecule has 2 aromatic heterocycles. The summed E-state index contributed by atoms with van der Waals surface area (Å²) >= 11 is 0. The number of alkyl halides is 6. The van der Waals surface area contributed by atoms with Crippen LogP contribution in [0.3, 0.4) is 0 Å². The Labute approximate surface area is 246 Å². The summed E-state index contributed by atoms with van der Waals surface area (Å²) in [7, 11) is -1.40. The van der Waals surface area contributed by atoms with Crippen LogP contribution in [0.1, 0.15) is 18.1 Å². The van der Waals surface area contributed by atoms with E-state index >= 15 is 0 Å². The van der Waals surface area contributed by atoms with E-state index in [4.69, 9.17) is 9.57 Å². The van der Waals surface area contributed by atoms with Crippen molar-refractivity contribution in [3.05, 3.63) is 40.1 Å². The molecular formula is C25H38F6N8O3Si. The standard InChI is InChI=1S/C25H38F6N8O3Si/c1-18(36-20-15-34-39(17-41-11-12-43(2,3)4)22(40)21(20)25(29,30)31)16-42-35-5-6-37-7-9-38(10-8-37)23-32-13-19(14-33-23)24(26,27)28/h13-15,18,35-36H,5-12,16-17H2,1-4H3. The van der Waals surface area contributed by atoms with Crippen molar-refractivity contribution >= 4 is 19.7 Å². The minimum Gasteiger partial charge on any atom is -0.378 e. The number of anilines is 2. The van der Waals surface area contributed by atoms with Gasteiger partial charge in [0, 0.05) is 72.4 Å². The number of hydrogen-bond acceptors (Lipinski definition) is 10. The van der Waals surface area contributed by atoms with E-state index in [0.717, 1.165) is 24.6 Å².